The fourth-order valence-electron chi connectivity index (χ4n) is 3.03. The lowest BCUT2D eigenvalue weighted by molar-refractivity contribution is 0.0563. The zero-order chi connectivity index (χ0) is 16.9. The van der Waals surface area contributed by atoms with Gasteiger partial charge in [-0.15, -0.1) is 11.3 Å². The number of hydrogen-bond acceptors (Lipinski definition) is 7. The average molecular weight is 349 g/mol. The number of carbonyl (C=O) groups excluding carboxylic acids is 1. The third-order valence-corrected chi connectivity index (χ3v) is 5.11. The molecule has 3 rings (SSSR count). The predicted octanol–water partition coefficient (Wildman–Crippen LogP) is 2.80. The van der Waals surface area contributed by atoms with Crippen molar-refractivity contribution in [1.82, 2.24) is 9.88 Å². The lowest BCUT2D eigenvalue weighted by atomic mass is 10.2. The van der Waals surface area contributed by atoms with Gasteiger partial charge in [0.1, 0.15) is 5.76 Å². The van der Waals surface area contributed by atoms with Crippen LogP contribution in [-0.2, 0) is 17.7 Å². The second kappa shape index (κ2) is 7.81. The van der Waals surface area contributed by atoms with E-state index in [0.717, 1.165) is 62.0 Å². The van der Waals surface area contributed by atoms with Gasteiger partial charge < -0.3 is 14.1 Å². The highest BCUT2D eigenvalue weighted by Gasteiger charge is 2.21. The maximum atomic E-state index is 11.7. The Morgan fingerprint density at radius 3 is 2.96 bits per heavy atom. The van der Waals surface area contributed by atoms with Crippen LogP contribution in [0.5, 0.6) is 0 Å². The van der Waals surface area contributed by atoms with Crippen LogP contribution in [0.2, 0.25) is 0 Å². The highest BCUT2D eigenvalue weighted by molar-refractivity contribution is 7.13. The molecule has 1 aliphatic heterocycles. The van der Waals surface area contributed by atoms with E-state index in [-0.39, 0.29) is 0 Å². The van der Waals surface area contributed by atoms with Gasteiger partial charge in [-0.2, -0.15) is 0 Å². The van der Waals surface area contributed by atoms with Crippen LogP contribution < -0.4 is 4.90 Å². The molecule has 2 aromatic rings. The number of aryl methyl sites for hydroxylation is 1. The van der Waals surface area contributed by atoms with Crippen molar-refractivity contribution < 1.29 is 13.9 Å². The maximum Gasteiger partial charge on any atom is 0.373 e. The Kier molecular flexibility index (Phi) is 5.52. The van der Waals surface area contributed by atoms with E-state index in [2.05, 4.69) is 14.8 Å². The van der Waals surface area contributed by atoms with Crippen molar-refractivity contribution in [1.29, 1.82) is 0 Å². The quantitative estimate of drug-likeness (QED) is 0.774. The number of thiazole rings is 1. The van der Waals surface area contributed by atoms with E-state index in [1.54, 1.807) is 11.3 Å². The van der Waals surface area contributed by atoms with Crippen LogP contribution in [0.4, 0.5) is 5.13 Å². The second-order valence-electron chi connectivity index (χ2n) is 5.84. The molecule has 0 aliphatic carbocycles. The van der Waals surface area contributed by atoms with E-state index < -0.39 is 5.97 Å². The fraction of sp³-hybridized carbons (Fsp3) is 0.529. The molecule has 0 amide bonds. The van der Waals surface area contributed by atoms with E-state index in [0.29, 0.717) is 5.76 Å². The van der Waals surface area contributed by atoms with Gasteiger partial charge in [-0.3, -0.25) is 4.90 Å². The second-order valence-corrected chi connectivity index (χ2v) is 6.71. The minimum Gasteiger partial charge on any atom is -0.463 e. The number of ether oxygens (including phenoxy) is 1. The third-order valence-electron chi connectivity index (χ3n) is 4.28. The number of hydrogen-bond donors (Lipinski definition) is 0. The molecule has 0 N–H and O–H groups in total. The minimum atomic E-state index is -0.415. The van der Waals surface area contributed by atoms with Gasteiger partial charge in [0.15, 0.2) is 5.13 Å². The first-order chi connectivity index (χ1) is 11.7. The van der Waals surface area contributed by atoms with Crippen molar-refractivity contribution in [2.45, 2.75) is 26.3 Å². The van der Waals surface area contributed by atoms with E-state index in [1.165, 1.54) is 7.11 Å². The zero-order valence-electron chi connectivity index (χ0n) is 14.2. The maximum absolute atomic E-state index is 11.7. The van der Waals surface area contributed by atoms with Gasteiger partial charge in [0.05, 0.1) is 7.11 Å². The molecule has 0 saturated carbocycles. The van der Waals surface area contributed by atoms with Crippen molar-refractivity contribution in [2.24, 2.45) is 0 Å². The molecule has 0 radical (unpaired) electrons. The monoisotopic (exact) mass is 349 g/mol. The Morgan fingerprint density at radius 1 is 1.38 bits per heavy atom. The molecule has 0 spiro atoms. The molecule has 24 heavy (non-hydrogen) atoms. The van der Waals surface area contributed by atoms with Gasteiger partial charge >= 0.3 is 5.97 Å². The first kappa shape index (κ1) is 17.0. The SMILES string of the molecule is CCc1oc(C(=O)OC)cc1CN1CCCN(c2nccs2)CC1. The molecule has 6 nitrogen and oxygen atoms in total. The lowest BCUT2D eigenvalue weighted by Crippen LogP contribution is -2.30. The number of nitrogens with zero attached hydrogens (tertiary/aromatic N) is 3. The number of aromatic nitrogens is 1. The van der Waals surface area contributed by atoms with E-state index in [1.807, 2.05) is 24.6 Å². The summed E-state index contributed by atoms with van der Waals surface area (Å²) in [5.74, 6) is 0.752. The number of furan rings is 1. The summed E-state index contributed by atoms with van der Waals surface area (Å²) in [5, 5.41) is 3.12. The minimum absolute atomic E-state index is 0.295. The van der Waals surface area contributed by atoms with Gasteiger partial charge in [0, 0.05) is 56.3 Å². The Bertz CT molecular complexity index is 669. The van der Waals surface area contributed by atoms with Crippen molar-refractivity contribution in [2.75, 3.05) is 38.2 Å². The summed E-state index contributed by atoms with van der Waals surface area (Å²) in [4.78, 5) is 20.8. The van der Waals surface area contributed by atoms with Gasteiger partial charge in [-0.25, -0.2) is 9.78 Å². The van der Waals surface area contributed by atoms with Crippen LogP contribution in [0.15, 0.2) is 22.1 Å². The summed E-state index contributed by atoms with van der Waals surface area (Å²) >= 11 is 1.69. The van der Waals surface area contributed by atoms with Crippen LogP contribution in [0.3, 0.4) is 0 Å². The number of methoxy groups -OCH3 is 1. The molecule has 0 aromatic carbocycles. The molecule has 0 atom stereocenters. The van der Waals surface area contributed by atoms with Gasteiger partial charge in [0.2, 0.25) is 5.76 Å². The molecular formula is C17H23N3O3S. The first-order valence-electron chi connectivity index (χ1n) is 8.28. The largest absolute Gasteiger partial charge is 0.463 e. The molecular weight excluding hydrogens is 326 g/mol. The molecule has 130 valence electrons. The standard InChI is InChI=1S/C17H23N3O3S/c1-3-14-13(11-15(23-14)16(21)22-2)12-19-6-4-7-20(9-8-19)17-18-5-10-24-17/h5,10-11H,3-4,6-9,12H2,1-2H3. The fourth-order valence-corrected chi connectivity index (χ4v) is 3.73. The van der Waals surface area contributed by atoms with Crippen molar-refractivity contribution in [3.8, 4) is 0 Å². The number of anilines is 1. The van der Waals surface area contributed by atoms with E-state index in [9.17, 15) is 4.79 Å². The topological polar surface area (TPSA) is 58.8 Å². The summed E-state index contributed by atoms with van der Waals surface area (Å²) in [5.41, 5.74) is 1.08. The smallest absolute Gasteiger partial charge is 0.373 e. The molecule has 2 aromatic heterocycles. The number of rotatable bonds is 5. The summed E-state index contributed by atoms with van der Waals surface area (Å²) in [6, 6.07) is 1.83. The molecule has 1 aliphatic rings. The van der Waals surface area contributed by atoms with Crippen molar-refractivity contribution in [3.05, 3.63) is 34.7 Å². The lowest BCUT2D eigenvalue weighted by Gasteiger charge is -2.21. The van der Waals surface area contributed by atoms with Crippen molar-refractivity contribution >= 4 is 22.4 Å². The molecule has 1 fully saturated rings. The third kappa shape index (κ3) is 3.79. The van der Waals surface area contributed by atoms with Crippen LogP contribution >= 0.6 is 11.3 Å². The van der Waals surface area contributed by atoms with Gasteiger partial charge in [-0.1, -0.05) is 6.92 Å². The predicted molar refractivity (Wildman–Crippen MR) is 93.6 cm³/mol. The summed E-state index contributed by atoms with van der Waals surface area (Å²) in [7, 11) is 1.37. The summed E-state index contributed by atoms with van der Waals surface area (Å²) in [6.07, 6.45) is 3.73. The van der Waals surface area contributed by atoms with E-state index >= 15 is 0 Å². The van der Waals surface area contributed by atoms with Crippen LogP contribution in [0.1, 0.15) is 35.2 Å². The Labute approximate surface area is 146 Å². The number of carbonyl (C=O) groups is 1. The van der Waals surface area contributed by atoms with Crippen LogP contribution in [0, 0.1) is 0 Å². The zero-order valence-corrected chi connectivity index (χ0v) is 15.0. The Balaban J connectivity index is 1.65. The molecule has 0 bridgehead atoms. The van der Waals surface area contributed by atoms with Gasteiger partial charge in [-0.05, 0) is 12.5 Å². The van der Waals surface area contributed by atoms with Gasteiger partial charge in [0.25, 0.3) is 0 Å². The molecule has 1 saturated heterocycles. The Morgan fingerprint density at radius 2 is 2.25 bits per heavy atom. The van der Waals surface area contributed by atoms with Crippen molar-refractivity contribution in [3.63, 3.8) is 0 Å². The van der Waals surface area contributed by atoms with Crippen LogP contribution in [0.25, 0.3) is 0 Å². The number of esters is 1. The molecule has 0 unspecified atom stereocenters. The summed E-state index contributed by atoms with van der Waals surface area (Å²) < 4.78 is 10.4. The normalized spacial score (nSPS) is 16.2. The van der Waals surface area contributed by atoms with E-state index in [4.69, 9.17) is 9.15 Å². The Hall–Kier alpha value is -1.86. The first-order valence-corrected chi connectivity index (χ1v) is 9.16. The highest BCUT2D eigenvalue weighted by atomic mass is 32.1. The highest BCUT2D eigenvalue weighted by Crippen LogP contribution is 2.22. The average Bonchev–Trinajstić information content (AvgIpc) is 3.21. The summed E-state index contributed by atoms with van der Waals surface area (Å²) in [6.45, 7) is 6.84. The molecule has 7 heteroatoms. The van der Waals surface area contributed by atoms with Crippen LogP contribution in [-0.4, -0.2) is 49.1 Å². The molecule has 3 heterocycles.